The minimum absolute atomic E-state index is 0.135. The highest BCUT2D eigenvalue weighted by molar-refractivity contribution is 6.05. The number of piperidine rings is 1. The Kier molecular flexibility index (Phi) is 4.32. The predicted octanol–water partition coefficient (Wildman–Crippen LogP) is 4.08. The van der Waals surface area contributed by atoms with Crippen molar-refractivity contribution in [3.8, 4) is 5.75 Å². The van der Waals surface area contributed by atoms with E-state index in [-0.39, 0.29) is 17.8 Å². The molecule has 134 valence electrons. The number of nitrogens with zero attached hydrogens (tertiary/aromatic N) is 2. The van der Waals surface area contributed by atoms with Gasteiger partial charge >= 0.3 is 0 Å². The molecule has 2 heterocycles. The summed E-state index contributed by atoms with van der Waals surface area (Å²) in [5.41, 5.74) is 1.99. The second-order valence-electron chi connectivity index (χ2n) is 6.55. The molecule has 4 rings (SSSR count). The van der Waals surface area contributed by atoms with Gasteiger partial charge in [-0.1, -0.05) is 12.1 Å². The molecule has 0 bridgehead atoms. The van der Waals surface area contributed by atoms with Crippen LogP contribution in [-0.4, -0.2) is 34.7 Å². The summed E-state index contributed by atoms with van der Waals surface area (Å²) < 4.78 is 18.9. The summed E-state index contributed by atoms with van der Waals surface area (Å²) in [5, 5.41) is 7.89. The Morgan fingerprint density at radius 2 is 2.15 bits per heavy atom. The van der Waals surface area contributed by atoms with E-state index in [1.165, 1.54) is 12.1 Å². The highest BCUT2D eigenvalue weighted by atomic mass is 19.1. The van der Waals surface area contributed by atoms with Crippen LogP contribution in [0.3, 0.4) is 0 Å². The molecule has 6 heteroatoms. The average molecular weight is 353 g/mol. The lowest BCUT2D eigenvalue weighted by atomic mass is 9.94. The lowest BCUT2D eigenvalue weighted by Crippen LogP contribution is -2.38. The van der Waals surface area contributed by atoms with Crippen molar-refractivity contribution in [1.29, 1.82) is 0 Å². The molecule has 1 saturated heterocycles. The summed E-state index contributed by atoms with van der Waals surface area (Å²) in [7, 11) is 1.59. The van der Waals surface area contributed by atoms with Crippen LogP contribution in [0, 0.1) is 5.82 Å². The van der Waals surface area contributed by atoms with Crippen LogP contribution in [0.15, 0.2) is 42.5 Å². The molecule has 26 heavy (non-hydrogen) atoms. The zero-order valence-electron chi connectivity index (χ0n) is 14.5. The first-order valence-electron chi connectivity index (χ1n) is 8.76. The molecule has 1 fully saturated rings. The third-order valence-corrected chi connectivity index (χ3v) is 4.97. The van der Waals surface area contributed by atoms with Crippen LogP contribution < -0.4 is 4.74 Å². The summed E-state index contributed by atoms with van der Waals surface area (Å²) in [6, 6.07) is 11.9. The van der Waals surface area contributed by atoms with E-state index in [4.69, 9.17) is 4.74 Å². The van der Waals surface area contributed by atoms with Gasteiger partial charge in [0.25, 0.3) is 5.91 Å². The molecule has 1 aromatic heterocycles. The van der Waals surface area contributed by atoms with Gasteiger partial charge < -0.3 is 9.64 Å². The van der Waals surface area contributed by atoms with Crippen molar-refractivity contribution in [3.05, 3.63) is 59.5 Å². The van der Waals surface area contributed by atoms with Crippen LogP contribution in [0.1, 0.15) is 41.4 Å². The fraction of sp³-hybridized carbons (Fsp3) is 0.300. The molecular formula is C20H20FN3O2. The van der Waals surface area contributed by atoms with E-state index in [2.05, 4.69) is 10.2 Å². The third kappa shape index (κ3) is 2.92. The molecule has 1 amide bonds. The molecular weight excluding hydrogens is 333 g/mol. The van der Waals surface area contributed by atoms with Crippen molar-refractivity contribution >= 4 is 16.8 Å². The van der Waals surface area contributed by atoms with Crippen LogP contribution in [0.4, 0.5) is 4.39 Å². The number of methoxy groups -OCH3 is 1. The van der Waals surface area contributed by atoms with Crippen LogP contribution in [0.25, 0.3) is 10.9 Å². The maximum atomic E-state index is 13.7. The number of aromatic amines is 1. The zero-order chi connectivity index (χ0) is 18.1. The summed E-state index contributed by atoms with van der Waals surface area (Å²) in [4.78, 5) is 15.1. The predicted molar refractivity (Wildman–Crippen MR) is 96.7 cm³/mol. The van der Waals surface area contributed by atoms with Gasteiger partial charge in [0.1, 0.15) is 11.6 Å². The maximum Gasteiger partial charge on any atom is 0.275 e. The first-order chi connectivity index (χ1) is 12.7. The number of nitrogens with one attached hydrogen (secondary N) is 1. The van der Waals surface area contributed by atoms with Gasteiger partial charge in [-0.05, 0) is 55.2 Å². The lowest BCUT2D eigenvalue weighted by molar-refractivity contribution is 0.0607. The molecule has 1 N–H and O–H groups in total. The highest BCUT2D eigenvalue weighted by Crippen LogP contribution is 2.33. The number of aromatic nitrogens is 2. The molecule has 0 radical (unpaired) electrons. The van der Waals surface area contributed by atoms with Crippen LogP contribution in [0.2, 0.25) is 0 Å². The molecule has 0 saturated carbocycles. The van der Waals surface area contributed by atoms with Gasteiger partial charge in [-0.25, -0.2) is 4.39 Å². The average Bonchev–Trinajstić information content (AvgIpc) is 3.10. The number of amides is 1. The SMILES string of the molecule is COc1ccc2[nH]nc(C(=O)N3CCCC[C@@H]3c3cccc(F)c3)c2c1. The molecule has 3 aromatic rings. The second kappa shape index (κ2) is 6.78. The van der Waals surface area contributed by atoms with Crippen molar-refractivity contribution in [2.45, 2.75) is 25.3 Å². The molecule has 5 nitrogen and oxygen atoms in total. The maximum absolute atomic E-state index is 13.7. The number of H-pyrrole nitrogens is 1. The Hall–Kier alpha value is -2.89. The van der Waals surface area contributed by atoms with E-state index < -0.39 is 0 Å². The summed E-state index contributed by atoms with van der Waals surface area (Å²) >= 11 is 0. The number of likely N-dealkylation sites (tertiary alicyclic amines) is 1. The van der Waals surface area contributed by atoms with Crippen LogP contribution >= 0.6 is 0 Å². The van der Waals surface area contributed by atoms with E-state index >= 15 is 0 Å². The Balaban J connectivity index is 1.71. The van der Waals surface area contributed by atoms with Crippen molar-refractivity contribution < 1.29 is 13.9 Å². The van der Waals surface area contributed by atoms with Crippen LogP contribution in [-0.2, 0) is 0 Å². The second-order valence-corrected chi connectivity index (χ2v) is 6.55. The summed E-state index contributed by atoms with van der Waals surface area (Å²) in [6.07, 6.45) is 2.77. The van der Waals surface area contributed by atoms with Gasteiger partial charge in [0.2, 0.25) is 0 Å². The molecule has 0 spiro atoms. The molecule has 0 aliphatic carbocycles. The number of rotatable bonds is 3. The fourth-order valence-corrected chi connectivity index (χ4v) is 3.65. The van der Waals surface area contributed by atoms with E-state index in [9.17, 15) is 9.18 Å². The number of ether oxygens (including phenoxy) is 1. The molecule has 1 aliphatic heterocycles. The van der Waals surface area contributed by atoms with Gasteiger partial charge in [0.15, 0.2) is 5.69 Å². The van der Waals surface area contributed by atoms with Gasteiger partial charge in [0.05, 0.1) is 18.7 Å². The minimum Gasteiger partial charge on any atom is -0.497 e. The molecule has 0 unspecified atom stereocenters. The van der Waals surface area contributed by atoms with Gasteiger partial charge in [-0.2, -0.15) is 5.10 Å². The standard InChI is InChI=1S/C20H20FN3O2/c1-26-15-8-9-17-16(12-15)19(23-22-17)20(25)24-10-3-2-7-18(24)13-5-4-6-14(21)11-13/h4-6,8-9,11-12,18H,2-3,7,10H2,1H3,(H,22,23)/t18-/m1/s1. The Morgan fingerprint density at radius 3 is 2.96 bits per heavy atom. The van der Waals surface area contributed by atoms with Gasteiger partial charge in [-0.15, -0.1) is 0 Å². The number of benzene rings is 2. The Morgan fingerprint density at radius 1 is 1.27 bits per heavy atom. The molecule has 1 aliphatic rings. The number of fused-ring (bicyclic) bond motifs is 1. The summed E-state index contributed by atoms with van der Waals surface area (Å²) in [5.74, 6) is 0.252. The lowest BCUT2D eigenvalue weighted by Gasteiger charge is -2.35. The molecule has 2 aromatic carbocycles. The first kappa shape index (κ1) is 16.6. The summed E-state index contributed by atoms with van der Waals surface area (Å²) in [6.45, 7) is 0.637. The number of halogens is 1. The largest absolute Gasteiger partial charge is 0.497 e. The van der Waals surface area contributed by atoms with Gasteiger partial charge in [0, 0.05) is 11.9 Å². The van der Waals surface area contributed by atoms with Crippen molar-refractivity contribution in [1.82, 2.24) is 15.1 Å². The monoisotopic (exact) mass is 353 g/mol. The third-order valence-electron chi connectivity index (χ3n) is 4.97. The normalized spacial score (nSPS) is 17.5. The van der Waals surface area contributed by atoms with Crippen molar-refractivity contribution in [2.75, 3.05) is 13.7 Å². The van der Waals surface area contributed by atoms with Crippen molar-refractivity contribution in [2.24, 2.45) is 0 Å². The minimum atomic E-state index is -0.282. The smallest absolute Gasteiger partial charge is 0.275 e. The topological polar surface area (TPSA) is 58.2 Å². The fourth-order valence-electron chi connectivity index (χ4n) is 3.65. The highest BCUT2D eigenvalue weighted by Gasteiger charge is 2.31. The van der Waals surface area contributed by atoms with Crippen molar-refractivity contribution in [3.63, 3.8) is 0 Å². The van der Waals surface area contributed by atoms with Crippen LogP contribution in [0.5, 0.6) is 5.75 Å². The molecule has 1 atom stereocenters. The first-order valence-corrected chi connectivity index (χ1v) is 8.76. The van der Waals surface area contributed by atoms with E-state index in [1.807, 2.05) is 29.2 Å². The Bertz CT molecular complexity index is 953. The Labute approximate surface area is 150 Å². The number of carbonyl (C=O) groups is 1. The number of hydrogen-bond donors (Lipinski definition) is 1. The van der Waals surface area contributed by atoms with E-state index in [1.54, 1.807) is 13.2 Å². The quantitative estimate of drug-likeness (QED) is 0.772. The number of carbonyl (C=O) groups excluding carboxylic acids is 1. The van der Waals surface area contributed by atoms with E-state index in [0.717, 1.165) is 35.7 Å². The van der Waals surface area contributed by atoms with E-state index in [0.29, 0.717) is 18.0 Å². The van der Waals surface area contributed by atoms with Gasteiger partial charge in [-0.3, -0.25) is 9.89 Å². The zero-order valence-corrected chi connectivity index (χ0v) is 14.5. The number of hydrogen-bond acceptors (Lipinski definition) is 3.